The monoisotopic (exact) mass is 316 g/mol. The number of hydrogen-bond donors (Lipinski definition) is 2. The molecule has 1 aromatic heterocycles. The molecule has 1 amide bonds. The molecular weight excluding hydrogens is 300 g/mol. The van der Waals surface area contributed by atoms with Crippen LogP contribution in [0.2, 0.25) is 0 Å². The van der Waals surface area contributed by atoms with Crippen LogP contribution in [0.15, 0.2) is 24.5 Å². The zero-order valence-corrected chi connectivity index (χ0v) is 12.2. The largest absolute Gasteiger partial charge is 0.467 e. The van der Waals surface area contributed by atoms with E-state index < -0.39 is 33.8 Å². The number of nitrogens with zero attached hydrogens (tertiary/aromatic N) is 1. The molecule has 0 bridgehead atoms. The molecule has 0 fully saturated rings. The Morgan fingerprint density at radius 3 is 2.71 bits per heavy atom. The SMILES string of the molecule is COC(=O)[C@H](CCS(=O)(=O)O)NC(=O)Cc1cccnc1. The first-order valence-corrected chi connectivity index (χ1v) is 7.64. The Labute approximate surface area is 122 Å². The molecule has 0 aromatic carbocycles. The van der Waals surface area contributed by atoms with Crippen LogP contribution in [0.3, 0.4) is 0 Å². The number of hydrogen-bond acceptors (Lipinski definition) is 6. The highest BCUT2D eigenvalue weighted by atomic mass is 32.2. The van der Waals surface area contributed by atoms with E-state index in [1.807, 2.05) is 0 Å². The van der Waals surface area contributed by atoms with Gasteiger partial charge in [0.1, 0.15) is 6.04 Å². The second-order valence-corrected chi connectivity index (χ2v) is 5.83. The zero-order valence-electron chi connectivity index (χ0n) is 11.4. The van der Waals surface area contributed by atoms with Crippen molar-refractivity contribution >= 4 is 22.0 Å². The Morgan fingerprint density at radius 2 is 2.19 bits per heavy atom. The Bertz CT molecular complexity index is 587. The molecule has 1 rings (SSSR count). The van der Waals surface area contributed by atoms with Crippen LogP contribution in [0.5, 0.6) is 0 Å². The predicted octanol–water partition coefficient (Wildman–Crippen LogP) is -0.440. The van der Waals surface area contributed by atoms with Crippen LogP contribution in [-0.2, 0) is 30.9 Å². The molecule has 1 aromatic rings. The van der Waals surface area contributed by atoms with Gasteiger partial charge in [-0.05, 0) is 18.1 Å². The second kappa shape index (κ2) is 7.70. The van der Waals surface area contributed by atoms with Gasteiger partial charge in [0.05, 0.1) is 19.3 Å². The third-order valence-electron chi connectivity index (χ3n) is 2.57. The van der Waals surface area contributed by atoms with Gasteiger partial charge in [-0.2, -0.15) is 8.42 Å². The van der Waals surface area contributed by atoms with Crippen molar-refractivity contribution in [1.29, 1.82) is 0 Å². The van der Waals surface area contributed by atoms with E-state index in [-0.39, 0.29) is 12.8 Å². The van der Waals surface area contributed by atoms with Crippen LogP contribution in [-0.4, -0.2) is 48.7 Å². The van der Waals surface area contributed by atoms with Crippen LogP contribution < -0.4 is 5.32 Å². The van der Waals surface area contributed by atoms with Crippen molar-refractivity contribution in [1.82, 2.24) is 10.3 Å². The number of carbonyl (C=O) groups excluding carboxylic acids is 2. The van der Waals surface area contributed by atoms with Crippen molar-refractivity contribution in [2.75, 3.05) is 12.9 Å². The van der Waals surface area contributed by atoms with Gasteiger partial charge in [0.15, 0.2) is 0 Å². The van der Waals surface area contributed by atoms with Crippen molar-refractivity contribution in [3.63, 3.8) is 0 Å². The quantitative estimate of drug-likeness (QED) is 0.516. The maximum atomic E-state index is 11.8. The average Bonchev–Trinajstić information content (AvgIpc) is 2.42. The molecule has 0 unspecified atom stereocenters. The van der Waals surface area contributed by atoms with Gasteiger partial charge in [-0.25, -0.2) is 4.79 Å². The van der Waals surface area contributed by atoms with Gasteiger partial charge in [-0.3, -0.25) is 14.3 Å². The molecule has 0 saturated heterocycles. The third-order valence-corrected chi connectivity index (χ3v) is 3.32. The summed E-state index contributed by atoms with van der Waals surface area (Å²) in [7, 11) is -3.10. The molecule has 0 radical (unpaired) electrons. The van der Waals surface area contributed by atoms with E-state index >= 15 is 0 Å². The van der Waals surface area contributed by atoms with Gasteiger partial charge >= 0.3 is 5.97 Å². The number of ether oxygens (including phenoxy) is 1. The van der Waals surface area contributed by atoms with E-state index in [0.717, 1.165) is 7.11 Å². The topological polar surface area (TPSA) is 123 Å². The number of carbonyl (C=O) groups is 2. The van der Waals surface area contributed by atoms with Crippen LogP contribution in [0, 0.1) is 0 Å². The molecule has 0 spiro atoms. The van der Waals surface area contributed by atoms with E-state index in [1.54, 1.807) is 18.3 Å². The maximum absolute atomic E-state index is 11.8. The summed E-state index contributed by atoms with van der Waals surface area (Å²) >= 11 is 0. The lowest BCUT2D eigenvalue weighted by molar-refractivity contribution is -0.145. The van der Waals surface area contributed by atoms with E-state index in [9.17, 15) is 18.0 Å². The van der Waals surface area contributed by atoms with Crippen molar-refractivity contribution in [3.8, 4) is 0 Å². The Hall–Kier alpha value is -2.00. The standard InChI is InChI=1S/C12H16N2O6S/c1-20-12(16)10(4-6-21(17,18)19)14-11(15)7-9-3-2-5-13-8-9/h2-3,5,8,10H,4,6-7H2,1H3,(H,14,15)(H,17,18,19)/t10-/m0/s1. The third kappa shape index (κ3) is 6.82. The van der Waals surface area contributed by atoms with Gasteiger partial charge < -0.3 is 10.1 Å². The smallest absolute Gasteiger partial charge is 0.328 e. The number of pyridine rings is 1. The summed E-state index contributed by atoms with van der Waals surface area (Å²) in [5.41, 5.74) is 0.647. The average molecular weight is 316 g/mol. The van der Waals surface area contributed by atoms with Crippen molar-refractivity contribution in [2.45, 2.75) is 18.9 Å². The fourth-order valence-electron chi connectivity index (χ4n) is 1.59. The van der Waals surface area contributed by atoms with Crippen LogP contribution in [0.4, 0.5) is 0 Å². The summed E-state index contributed by atoms with van der Waals surface area (Å²) in [6, 6.07) is 2.22. The summed E-state index contributed by atoms with van der Waals surface area (Å²) in [6.45, 7) is 0. The molecule has 0 aliphatic carbocycles. The highest BCUT2D eigenvalue weighted by Gasteiger charge is 2.23. The summed E-state index contributed by atoms with van der Waals surface area (Å²) in [5.74, 6) is -1.91. The molecule has 2 N–H and O–H groups in total. The van der Waals surface area contributed by atoms with E-state index in [1.165, 1.54) is 6.20 Å². The van der Waals surface area contributed by atoms with Crippen molar-refractivity contribution in [3.05, 3.63) is 30.1 Å². The number of esters is 1. The fraction of sp³-hybridized carbons (Fsp3) is 0.417. The Kier molecular flexibility index (Phi) is 6.25. The molecule has 0 aliphatic rings. The van der Waals surface area contributed by atoms with Crippen molar-refractivity contribution < 1.29 is 27.3 Å². The number of nitrogens with one attached hydrogen (secondary N) is 1. The highest BCUT2D eigenvalue weighted by Crippen LogP contribution is 2.02. The van der Waals surface area contributed by atoms with E-state index in [4.69, 9.17) is 4.55 Å². The number of amides is 1. The molecule has 0 aliphatic heterocycles. The highest BCUT2D eigenvalue weighted by molar-refractivity contribution is 7.85. The number of aromatic nitrogens is 1. The molecule has 21 heavy (non-hydrogen) atoms. The van der Waals surface area contributed by atoms with Crippen molar-refractivity contribution in [2.24, 2.45) is 0 Å². The second-order valence-electron chi connectivity index (χ2n) is 4.26. The van der Waals surface area contributed by atoms with Gasteiger partial charge in [-0.15, -0.1) is 0 Å². The first kappa shape index (κ1) is 17.1. The molecular formula is C12H16N2O6S. The molecule has 1 atom stereocenters. The van der Waals surface area contributed by atoms with E-state index in [2.05, 4.69) is 15.0 Å². The normalized spacial score (nSPS) is 12.5. The first-order valence-electron chi connectivity index (χ1n) is 6.03. The predicted molar refractivity (Wildman–Crippen MR) is 72.9 cm³/mol. The minimum Gasteiger partial charge on any atom is -0.467 e. The molecule has 0 saturated carbocycles. The van der Waals surface area contributed by atoms with Gasteiger partial charge in [0.25, 0.3) is 10.1 Å². The summed E-state index contributed by atoms with van der Waals surface area (Å²) in [6.07, 6.45) is 2.78. The van der Waals surface area contributed by atoms with Gasteiger partial charge in [-0.1, -0.05) is 6.07 Å². The zero-order chi connectivity index (χ0) is 15.9. The minimum absolute atomic E-state index is 0.00674. The lowest BCUT2D eigenvalue weighted by Crippen LogP contribution is -2.43. The lowest BCUT2D eigenvalue weighted by atomic mass is 10.1. The minimum atomic E-state index is -4.22. The van der Waals surface area contributed by atoms with Gasteiger partial charge in [0.2, 0.25) is 5.91 Å². The van der Waals surface area contributed by atoms with E-state index in [0.29, 0.717) is 5.56 Å². The summed E-state index contributed by atoms with van der Waals surface area (Å²) in [4.78, 5) is 27.2. The van der Waals surface area contributed by atoms with Gasteiger partial charge in [0, 0.05) is 12.4 Å². The molecule has 1 heterocycles. The fourth-order valence-corrected chi connectivity index (χ4v) is 2.12. The molecule has 8 nitrogen and oxygen atoms in total. The Balaban J connectivity index is 2.63. The number of rotatable bonds is 7. The van der Waals surface area contributed by atoms with Crippen LogP contribution in [0.1, 0.15) is 12.0 Å². The summed E-state index contributed by atoms with van der Waals surface area (Å²) in [5, 5.41) is 2.37. The molecule has 116 valence electrons. The maximum Gasteiger partial charge on any atom is 0.328 e. The van der Waals surface area contributed by atoms with Crippen LogP contribution >= 0.6 is 0 Å². The number of methoxy groups -OCH3 is 1. The molecule has 9 heteroatoms. The summed E-state index contributed by atoms with van der Waals surface area (Å²) < 4.78 is 34.6. The Morgan fingerprint density at radius 1 is 1.48 bits per heavy atom. The van der Waals surface area contributed by atoms with Crippen LogP contribution in [0.25, 0.3) is 0 Å². The lowest BCUT2D eigenvalue weighted by Gasteiger charge is -2.15. The first-order chi connectivity index (χ1) is 9.81.